The Morgan fingerprint density at radius 2 is 1.54 bits per heavy atom. The van der Waals surface area contributed by atoms with E-state index in [1.807, 2.05) is 0 Å². The topological polar surface area (TPSA) is 70.2 Å². The van der Waals surface area contributed by atoms with Crippen LogP contribution >= 0.6 is 11.6 Å². The van der Waals surface area contributed by atoms with Crippen LogP contribution in [0.15, 0.2) is 48.5 Å². The molecule has 1 spiro atoms. The fraction of sp³-hybridized carbons (Fsp3) is 0.423. The number of rotatable bonds is 3. The zero-order valence-electron chi connectivity index (χ0n) is 19.3. The van der Waals surface area contributed by atoms with Crippen molar-refractivity contribution in [3.8, 4) is 0 Å². The van der Waals surface area contributed by atoms with Crippen molar-refractivity contribution in [2.75, 3.05) is 32.8 Å². The molecule has 3 aliphatic rings. The van der Waals surface area contributed by atoms with E-state index in [0.717, 1.165) is 12.8 Å². The molecule has 0 aromatic heterocycles. The monoisotopic (exact) mass is 499 g/mol. The third kappa shape index (κ3) is 4.52. The molecule has 1 atom stereocenters. The van der Waals surface area contributed by atoms with E-state index in [4.69, 9.17) is 16.3 Å². The molecule has 0 unspecified atom stereocenters. The van der Waals surface area contributed by atoms with E-state index in [9.17, 15) is 18.8 Å². The molecule has 7 nitrogen and oxygen atoms in total. The third-order valence-electron chi connectivity index (χ3n) is 7.16. The van der Waals surface area contributed by atoms with E-state index in [0.29, 0.717) is 49.6 Å². The predicted molar refractivity (Wildman–Crippen MR) is 127 cm³/mol. The van der Waals surface area contributed by atoms with E-state index in [-0.39, 0.29) is 24.0 Å². The molecule has 184 valence electrons. The number of hydrogen-bond acceptors (Lipinski definition) is 4. The van der Waals surface area contributed by atoms with Gasteiger partial charge in [0, 0.05) is 55.2 Å². The smallest absolute Gasteiger partial charge is 0.256 e. The molecule has 3 heterocycles. The molecule has 0 radical (unpaired) electrons. The molecule has 2 aromatic rings. The number of amides is 3. The van der Waals surface area contributed by atoms with E-state index < -0.39 is 23.5 Å². The highest BCUT2D eigenvalue weighted by Crippen LogP contribution is 2.39. The van der Waals surface area contributed by atoms with Gasteiger partial charge in [0.1, 0.15) is 17.6 Å². The van der Waals surface area contributed by atoms with Gasteiger partial charge in [0.25, 0.3) is 11.8 Å². The van der Waals surface area contributed by atoms with Crippen molar-refractivity contribution in [1.29, 1.82) is 0 Å². The largest absolute Gasteiger partial charge is 0.353 e. The number of piperidine rings is 1. The Balaban J connectivity index is 1.40. The van der Waals surface area contributed by atoms with Crippen molar-refractivity contribution in [2.45, 2.75) is 37.5 Å². The Morgan fingerprint density at radius 3 is 2.20 bits per heavy atom. The van der Waals surface area contributed by atoms with Crippen LogP contribution in [0.1, 0.15) is 46.4 Å². The molecule has 9 heteroatoms. The van der Waals surface area contributed by atoms with Crippen molar-refractivity contribution in [3.63, 3.8) is 0 Å². The van der Waals surface area contributed by atoms with Gasteiger partial charge in [-0.15, -0.1) is 0 Å². The fourth-order valence-corrected chi connectivity index (χ4v) is 5.52. The van der Waals surface area contributed by atoms with Crippen molar-refractivity contribution in [2.24, 2.45) is 0 Å². The van der Waals surface area contributed by atoms with Crippen LogP contribution in [-0.2, 0) is 9.53 Å². The van der Waals surface area contributed by atoms with Crippen LogP contribution in [0.5, 0.6) is 0 Å². The first kappa shape index (κ1) is 23.8. The first-order valence-electron chi connectivity index (χ1n) is 11.9. The lowest BCUT2D eigenvalue weighted by atomic mass is 9.96. The molecule has 0 bridgehead atoms. The summed E-state index contributed by atoms with van der Waals surface area (Å²) in [5.41, 5.74) is -0.365. The van der Waals surface area contributed by atoms with Crippen molar-refractivity contribution >= 4 is 29.3 Å². The number of ether oxygens (including phenoxy) is 1. The van der Waals surface area contributed by atoms with E-state index >= 15 is 0 Å². The number of nitrogens with zero attached hydrogens (tertiary/aromatic N) is 3. The maximum absolute atomic E-state index is 13.9. The van der Waals surface area contributed by atoms with Gasteiger partial charge in [-0.05, 0) is 49.2 Å². The summed E-state index contributed by atoms with van der Waals surface area (Å²) < 4.78 is 20.2. The lowest BCUT2D eigenvalue weighted by Crippen LogP contribution is -2.60. The van der Waals surface area contributed by atoms with Gasteiger partial charge in [-0.25, -0.2) is 4.39 Å². The summed E-state index contributed by atoms with van der Waals surface area (Å²) in [4.78, 5) is 45.1. The minimum absolute atomic E-state index is 0.0820. The van der Waals surface area contributed by atoms with Crippen molar-refractivity contribution in [3.05, 3.63) is 70.5 Å². The average molecular weight is 500 g/mol. The highest BCUT2D eigenvalue weighted by atomic mass is 35.5. The van der Waals surface area contributed by atoms with Gasteiger partial charge in [0.2, 0.25) is 5.91 Å². The number of likely N-dealkylation sites (tertiary alicyclic amines) is 2. The zero-order chi connectivity index (χ0) is 24.6. The summed E-state index contributed by atoms with van der Waals surface area (Å²) >= 11 is 6.05. The van der Waals surface area contributed by atoms with Gasteiger partial charge in [-0.3, -0.25) is 19.3 Å². The van der Waals surface area contributed by atoms with Gasteiger partial charge in [-0.1, -0.05) is 23.7 Å². The van der Waals surface area contributed by atoms with Gasteiger partial charge in [0.15, 0.2) is 0 Å². The normalized spacial score (nSPS) is 21.5. The van der Waals surface area contributed by atoms with Crippen molar-refractivity contribution in [1.82, 2.24) is 14.7 Å². The second-order valence-electron chi connectivity index (χ2n) is 9.29. The lowest BCUT2D eigenvalue weighted by Gasteiger charge is -2.44. The lowest BCUT2D eigenvalue weighted by molar-refractivity contribution is -0.136. The Morgan fingerprint density at radius 1 is 0.886 bits per heavy atom. The zero-order valence-corrected chi connectivity index (χ0v) is 20.0. The molecule has 35 heavy (non-hydrogen) atoms. The van der Waals surface area contributed by atoms with Gasteiger partial charge < -0.3 is 14.5 Å². The molecule has 5 rings (SSSR count). The second-order valence-corrected chi connectivity index (χ2v) is 9.73. The molecular formula is C26H27ClFN3O4. The number of benzene rings is 2. The third-order valence-corrected chi connectivity index (χ3v) is 7.39. The van der Waals surface area contributed by atoms with Crippen molar-refractivity contribution < 1.29 is 23.5 Å². The SMILES string of the molecule is O=C(c1cccc(Cl)c1)N1CCC2(CC1)OC[C@@H](C(=O)N1CCCC1)N2C(=O)c1cccc(F)c1. The highest BCUT2D eigenvalue weighted by molar-refractivity contribution is 6.30. The highest BCUT2D eigenvalue weighted by Gasteiger charge is 2.55. The molecule has 3 amide bonds. The van der Waals surface area contributed by atoms with E-state index in [1.165, 1.54) is 23.1 Å². The quantitative estimate of drug-likeness (QED) is 0.647. The fourth-order valence-electron chi connectivity index (χ4n) is 5.33. The van der Waals surface area contributed by atoms with Crippen LogP contribution in [0.2, 0.25) is 5.02 Å². The minimum Gasteiger partial charge on any atom is -0.353 e. The Hall–Kier alpha value is -2.97. The first-order valence-corrected chi connectivity index (χ1v) is 12.3. The Bertz CT molecular complexity index is 1140. The molecule has 0 N–H and O–H groups in total. The van der Waals surface area contributed by atoms with E-state index in [2.05, 4.69) is 0 Å². The summed E-state index contributed by atoms with van der Waals surface area (Å²) in [6.45, 7) is 2.10. The predicted octanol–water partition coefficient (Wildman–Crippen LogP) is 3.58. The van der Waals surface area contributed by atoms with E-state index in [1.54, 1.807) is 40.1 Å². The summed E-state index contributed by atoms with van der Waals surface area (Å²) in [6.07, 6.45) is 2.57. The average Bonchev–Trinajstić information content (AvgIpc) is 3.52. The number of carbonyl (C=O) groups excluding carboxylic acids is 3. The number of halogens is 2. The molecular weight excluding hydrogens is 473 g/mol. The second kappa shape index (κ2) is 9.59. The maximum atomic E-state index is 13.9. The van der Waals surface area contributed by atoms with Crippen LogP contribution < -0.4 is 0 Å². The molecule has 0 aliphatic carbocycles. The first-order chi connectivity index (χ1) is 16.9. The molecule has 2 aromatic carbocycles. The Kier molecular flexibility index (Phi) is 6.51. The molecule has 3 saturated heterocycles. The number of hydrogen-bond donors (Lipinski definition) is 0. The van der Waals surface area contributed by atoms with Gasteiger partial charge >= 0.3 is 0 Å². The minimum atomic E-state index is -1.03. The van der Waals surface area contributed by atoms with Gasteiger partial charge in [0.05, 0.1) is 6.61 Å². The molecule has 3 fully saturated rings. The Labute approximate surface area is 208 Å². The van der Waals surface area contributed by atoms with Crippen LogP contribution in [0, 0.1) is 5.82 Å². The van der Waals surface area contributed by atoms with Gasteiger partial charge in [-0.2, -0.15) is 0 Å². The number of carbonyl (C=O) groups is 3. The molecule has 3 aliphatic heterocycles. The van der Waals surface area contributed by atoms with Crippen LogP contribution in [-0.4, -0.2) is 77.0 Å². The standard InChI is InChI=1S/C26H27ClFN3O4/c27-20-7-3-5-18(15-20)23(32)30-13-9-26(10-14-30)31(24(33)19-6-4-8-21(28)16-19)22(17-35-26)25(34)29-11-1-2-12-29/h3-8,15-16,22H,1-2,9-14,17H2/t22-/m0/s1. The summed E-state index contributed by atoms with van der Waals surface area (Å²) in [5, 5.41) is 0.485. The summed E-state index contributed by atoms with van der Waals surface area (Å²) in [6, 6.07) is 11.5. The van der Waals surface area contributed by atoms with Crippen LogP contribution in [0.4, 0.5) is 4.39 Å². The van der Waals surface area contributed by atoms with Crippen LogP contribution in [0.3, 0.4) is 0 Å². The van der Waals surface area contributed by atoms with Crippen LogP contribution in [0.25, 0.3) is 0 Å². The maximum Gasteiger partial charge on any atom is 0.256 e. The summed E-state index contributed by atoms with van der Waals surface area (Å²) in [7, 11) is 0. The molecule has 0 saturated carbocycles. The summed E-state index contributed by atoms with van der Waals surface area (Å²) in [5.74, 6) is -1.24.